The van der Waals surface area contributed by atoms with Gasteiger partial charge in [0.25, 0.3) is 0 Å². The van der Waals surface area contributed by atoms with Crippen molar-refractivity contribution < 1.29 is 13.2 Å². The Morgan fingerprint density at radius 2 is 1.75 bits per heavy atom. The SMILES string of the molecule is CCN(CC)Cc1cccc(NC(=O)CCNS(=O)(=O)c2ccc(Br)cc2)c1. The molecule has 8 heteroatoms. The third-order valence-electron chi connectivity index (χ3n) is 4.28. The number of amides is 1. The van der Waals surface area contributed by atoms with Gasteiger partial charge in [-0.15, -0.1) is 0 Å². The maximum atomic E-state index is 12.2. The van der Waals surface area contributed by atoms with Gasteiger partial charge in [-0.3, -0.25) is 9.69 Å². The number of anilines is 1. The highest BCUT2D eigenvalue weighted by atomic mass is 79.9. The predicted octanol–water partition coefficient (Wildman–Crippen LogP) is 3.60. The first kappa shape index (κ1) is 22.5. The van der Waals surface area contributed by atoms with Gasteiger partial charge in [0, 0.05) is 29.7 Å². The monoisotopic (exact) mass is 467 g/mol. The molecular formula is C20H26BrN3O3S. The molecule has 2 aromatic carbocycles. The van der Waals surface area contributed by atoms with E-state index in [0.29, 0.717) is 5.69 Å². The minimum atomic E-state index is -3.63. The first-order chi connectivity index (χ1) is 13.3. The predicted molar refractivity (Wildman–Crippen MR) is 116 cm³/mol. The Morgan fingerprint density at radius 3 is 2.39 bits per heavy atom. The Balaban J connectivity index is 1.86. The molecule has 0 spiro atoms. The van der Waals surface area contributed by atoms with E-state index in [1.807, 2.05) is 24.3 Å². The summed E-state index contributed by atoms with van der Waals surface area (Å²) in [5, 5.41) is 2.83. The number of carbonyl (C=O) groups excluding carboxylic acids is 1. The van der Waals surface area contributed by atoms with Crippen LogP contribution in [-0.2, 0) is 21.4 Å². The van der Waals surface area contributed by atoms with Crippen LogP contribution < -0.4 is 10.0 Å². The minimum Gasteiger partial charge on any atom is -0.326 e. The van der Waals surface area contributed by atoms with Crippen molar-refractivity contribution in [2.45, 2.75) is 31.7 Å². The fourth-order valence-electron chi connectivity index (χ4n) is 2.67. The van der Waals surface area contributed by atoms with Gasteiger partial charge in [0.2, 0.25) is 15.9 Å². The molecule has 0 aliphatic carbocycles. The molecule has 2 N–H and O–H groups in total. The third-order valence-corrected chi connectivity index (χ3v) is 6.29. The zero-order valence-electron chi connectivity index (χ0n) is 16.1. The average molecular weight is 468 g/mol. The van der Waals surface area contributed by atoms with Crippen LogP contribution in [0.3, 0.4) is 0 Å². The molecule has 28 heavy (non-hydrogen) atoms. The standard InChI is InChI=1S/C20H26BrN3O3S/c1-3-24(4-2)15-16-6-5-7-18(14-16)23-20(25)12-13-22-28(26,27)19-10-8-17(21)9-11-19/h5-11,14,22H,3-4,12-13,15H2,1-2H3,(H,23,25). The van der Waals surface area contributed by atoms with E-state index in [4.69, 9.17) is 0 Å². The second-order valence-corrected chi connectivity index (χ2v) is 8.99. The molecule has 0 atom stereocenters. The molecule has 0 saturated carbocycles. The van der Waals surface area contributed by atoms with Gasteiger partial charge in [-0.1, -0.05) is 41.9 Å². The average Bonchev–Trinajstić information content (AvgIpc) is 2.66. The molecule has 2 aromatic rings. The highest BCUT2D eigenvalue weighted by Gasteiger charge is 2.14. The van der Waals surface area contributed by atoms with Crippen LogP contribution >= 0.6 is 15.9 Å². The molecule has 1 amide bonds. The lowest BCUT2D eigenvalue weighted by Gasteiger charge is -2.18. The molecule has 0 aliphatic heterocycles. The van der Waals surface area contributed by atoms with Gasteiger partial charge in [-0.25, -0.2) is 13.1 Å². The summed E-state index contributed by atoms with van der Waals surface area (Å²) in [6.07, 6.45) is 0.0516. The molecule has 2 rings (SSSR count). The number of halogens is 1. The normalized spacial score (nSPS) is 11.6. The second kappa shape index (κ2) is 10.7. The molecule has 0 unspecified atom stereocenters. The van der Waals surface area contributed by atoms with Crippen LogP contribution in [0.15, 0.2) is 57.9 Å². The van der Waals surface area contributed by atoms with Crippen LogP contribution in [0.1, 0.15) is 25.8 Å². The van der Waals surface area contributed by atoms with Crippen LogP contribution in [0.5, 0.6) is 0 Å². The molecule has 0 fully saturated rings. The quantitative estimate of drug-likeness (QED) is 0.559. The summed E-state index contributed by atoms with van der Waals surface area (Å²) in [4.78, 5) is 14.6. The topological polar surface area (TPSA) is 78.5 Å². The highest BCUT2D eigenvalue weighted by molar-refractivity contribution is 9.10. The maximum Gasteiger partial charge on any atom is 0.240 e. The summed E-state index contributed by atoms with van der Waals surface area (Å²) in [7, 11) is -3.63. The van der Waals surface area contributed by atoms with E-state index in [2.05, 4.69) is 44.7 Å². The Hall–Kier alpha value is -1.74. The van der Waals surface area contributed by atoms with Crippen molar-refractivity contribution in [1.82, 2.24) is 9.62 Å². The maximum absolute atomic E-state index is 12.2. The number of nitrogens with zero attached hydrogens (tertiary/aromatic N) is 1. The van der Waals surface area contributed by atoms with Gasteiger partial charge in [0.15, 0.2) is 0 Å². The first-order valence-electron chi connectivity index (χ1n) is 9.20. The summed E-state index contributed by atoms with van der Waals surface area (Å²) in [5.74, 6) is -0.238. The van der Waals surface area contributed by atoms with Crippen molar-refractivity contribution in [2.24, 2.45) is 0 Å². The fraction of sp³-hybridized carbons (Fsp3) is 0.350. The minimum absolute atomic E-state index is 0.0311. The molecule has 6 nitrogen and oxygen atoms in total. The van der Waals surface area contributed by atoms with Gasteiger partial charge >= 0.3 is 0 Å². The van der Waals surface area contributed by atoms with E-state index in [9.17, 15) is 13.2 Å². The molecule has 0 aliphatic rings. The molecule has 0 bridgehead atoms. The van der Waals surface area contributed by atoms with Crippen molar-refractivity contribution in [3.05, 3.63) is 58.6 Å². The van der Waals surface area contributed by atoms with Crippen molar-refractivity contribution in [2.75, 3.05) is 25.0 Å². The lowest BCUT2D eigenvalue weighted by molar-refractivity contribution is -0.116. The van der Waals surface area contributed by atoms with Gasteiger partial charge in [-0.2, -0.15) is 0 Å². The molecule has 0 radical (unpaired) electrons. The zero-order chi connectivity index (χ0) is 20.6. The number of rotatable bonds is 10. The Kier molecular flexibility index (Phi) is 8.62. The molecule has 152 valence electrons. The smallest absolute Gasteiger partial charge is 0.240 e. The van der Waals surface area contributed by atoms with E-state index in [1.54, 1.807) is 12.1 Å². The first-order valence-corrected chi connectivity index (χ1v) is 11.5. The van der Waals surface area contributed by atoms with Gasteiger partial charge < -0.3 is 5.32 Å². The Bertz CT molecular complexity index is 882. The summed E-state index contributed by atoms with van der Waals surface area (Å²) >= 11 is 3.27. The number of hydrogen-bond donors (Lipinski definition) is 2. The largest absolute Gasteiger partial charge is 0.326 e. The van der Waals surface area contributed by atoms with Crippen molar-refractivity contribution in [3.63, 3.8) is 0 Å². The zero-order valence-corrected chi connectivity index (χ0v) is 18.5. The third kappa shape index (κ3) is 7.01. The molecule has 0 saturated heterocycles. The number of sulfonamides is 1. The lowest BCUT2D eigenvalue weighted by atomic mass is 10.2. The van der Waals surface area contributed by atoms with E-state index in [0.717, 1.165) is 29.7 Å². The summed E-state index contributed by atoms with van der Waals surface area (Å²) in [6, 6.07) is 14.0. The number of hydrogen-bond acceptors (Lipinski definition) is 4. The molecular weight excluding hydrogens is 442 g/mol. The second-order valence-electron chi connectivity index (χ2n) is 6.31. The number of benzene rings is 2. The van der Waals surface area contributed by atoms with Crippen LogP contribution in [0.25, 0.3) is 0 Å². The summed E-state index contributed by atoms with van der Waals surface area (Å²) in [5.41, 5.74) is 1.84. The van der Waals surface area contributed by atoms with Crippen molar-refractivity contribution >= 4 is 37.5 Å². The van der Waals surface area contributed by atoms with Crippen LogP contribution in [0.2, 0.25) is 0 Å². The Morgan fingerprint density at radius 1 is 1.07 bits per heavy atom. The van der Waals surface area contributed by atoms with E-state index < -0.39 is 10.0 Å². The lowest BCUT2D eigenvalue weighted by Crippen LogP contribution is -2.27. The summed E-state index contributed by atoms with van der Waals surface area (Å²) in [6.45, 7) is 7.01. The fourth-order valence-corrected chi connectivity index (χ4v) is 3.97. The summed E-state index contributed by atoms with van der Waals surface area (Å²) < 4.78 is 27.7. The van der Waals surface area contributed by atoms with Crippen molar-refractivity contribution in [3.8, 4) is 0 Å². The Labute approximate surface area is 175 Å². The van der Waals surface area contributed by atoms with Gasteiger partial charge in [0.1, 0.15) is 0 Å². The van der Waals surface area contributed by atoms with Crippen LogP contribution in [0.4, 0.5) is 5.69 Å². The number of nitrogens with one attached hydrogen (secondary N) is 2. The molecule has 0 aromatic heterocycles. The van der Waals surface area contributed by atoms with Crippen LogP contribution in [0, 0.1) is 0 Å². The van der Waals surface area contributed by atoms with Crippen LogP contribution in [-0.4, -0.2) is 38.9 Å². The van der Waals surface area contributed by atoms with E-state index >= 15 is 0 Å². The van der Waals surface area contributed by atoms with Crippen molar-refractivity contribution in [1.29, 1.82) is 0 Å². The molecule has 0 heterocycles. The van der Waals surface area contributed by atoms with E-state index in [-0.39, 0.29) is 23.8 Å². The van der Waals surface area contributed by atoms with E-state index in [1.165, 1.54) is 12.1 Å². The van der Waals surface area contributed by atoms with Gasteiger partial charge in [-0.05, 0) is 55.1 Å². The van der Waals surface area contributed by atoms with Gasteiger partial charge in [0.05, 0.1) is 4.90 Å². The highest BCUT2D eigenvalue weighted by Crippen LogP contribution is 2.15. The number of carbonyl (C=O) groups is 1.